The molecule has 0 unspecified atom stereocenters. The molecule has 0 aromatic heterocycles. The monoisotopic (exact) mass is 321 g/mol. The Labute approximate surface area is 131 Å². The summed E-state index contributed by atoms with van der Waals surface area (Å²) in [6, 6.07) is 10.8. The maximum Gasteiger partial charge on any atom is 0.270 e. The molecular weight excluding hydrogens is 310 g/mol. The first-order valence-corrected chi connectivity index (χ1v) is 6.73. The van der Waals surface area contributed by atoms with Crippen LogP contribution >= 0.6 is 11.6 Å². The minimum Gasteiger partial charge on any atom is -0.489 e. The Hall–Kier alpha value is -2.60. The molecule has 0 N–H and O–H groups in total. The lowest BCUT2D eigenvalue weighted by molar-refractivity contribution is -0.384. The zero-order chi connectivity index (χ0) is 15.9. The van der Waals surface area contributed by atoms with Gasteiger partial charge in [-0.15, -0.1) is 0 Å². The van der Waals surface area contributed by atoms with Crippen molar-refractivity contribution in [2.45, 2.75) is 0 Å². The Kier molecular flexibility index (Phi) is 5.32. The maximum atomic E-state index is 10.9. The first kappa shape index (κ1) is 15.8. The fourth-order valence-corrected chi connectivity index (χ4v) is 1.93. The Balaban J connectivity index is 1.93. The minimum absolute atomic E-state index is 0.118. The molecule has 0 fully saturated rings. The zero-order valence-corrected chi connectivity index (χ0v) is 12.2. The highest BCUT2D eigenvalue weighted by Crippen LogP contribution is 2.24. The van der Waals surface area contributed by atoms with Crippen LogP contribution in [0.1, 0.15) is 10.4 Å². The van der Waals surface area contributed by atoms with Crippen molar-refractivity contribution in [2.24, 2.45) is 0 Å². The van der Waals surface area contributed by atoms with Crippen LogP contribution < -0.4 is 9.47 Å². The van der Waals surface area contributed by atoms with Crippen LogP contribution in [0, 0.1) is 10.1 Å². The number of non-ortho nitro benzene ring substituents is 1. The van der Waals surface area contributed by atoms with Crippen LogP contribution in [-0.2, 0) is 0 Å². The molecular formula is C15H12ClNO5. The van der Waals surface area contributed by atoms with Crippen molar-refractivity contribution in [3.63, 3.8) is 0 Å². The summed E-state index contributed by atoms with van der Waals surface area (Å²) in [7, 11) is 0. The summed E-state index contributed by atoms with van der Waals surface area (Å²) in [5, 5.41) is 11.1. The van der Waals surface area contributed by atoms with Crippen molar-refractivity contribution in [3.05, 3.63) is 63.2 Å². The lowest BCUT2D eigenvalue weighted by Gasteiger charge is -2.10. The molecule has 7 heteroatoms. The van der Waals surface area contributed by atoms with Gasteiger partial charge in [-0.1, -0.05) is 23.7 Å². The number of hydrogen-bond acceptors (Lipinski definition) is 5. The van der Waals surface area contributed by atoms with E-state index in [2.05, 4.69) is 0 Å². The third-order valence-corrected chi connectivity index (χ3v) is 3.08. The molecule has 0 amide bonds. The molecule has 0 saturated carbocycles. The summed E-state index contributed by atoms with van der Waals surface area (Å²) in [6.07, 6.45) is 0.511. The van der Waals surface area contributed by atoms with Crippen molar-refractivity contribution < 1.29 is 19.2 Å². The summed E-state index contributed by atoms with van der Waals surface area (Å²) in [5.74, 6) is 0.801. The molecule has 0 aliphatic rings. The van der Waals surface area contributed by atoms with Crippen LogP contribution in [0.15, 0.2) is 42.5 Å². The van der Waals surface area contributed by atoms with Gasteiger partial charge in [0.05, 0.1) is 15.5 Å². The SMILES string of the molecule is O=Cc1cc([N+](=O)[O-])ccc1OCCOc1ccccc1Cl. The zero-order valence-electron chi connectivity index (χ0n) is 11.4. The Morgan fingerprint density at radius 3 is 2.41 bits per heavy atom. The van der Waals surface area contributed by atoms with Gasteiger partial charge in [0.15, 0.2) is 6.29 Å². The van der Waals surface area contributed by atoms with Gasteiger partial charge < -0.3 is 9.47 Å². The summed E-state index contributed by atoms with van der Waals surface area (Å²) in [5.41, 5.74) is -0.0475. The topological polar surface area (TPSA) is 78.7 Å². The third-order valence-electron chi connectivity index (χ3n) is 2.77. The van der Waals surface area contributed by atoms with E-state index in [9.17, 15) is 14.9 Å². The number of para-hydroxylation sites is 1. The highest BCUT2D eigenvalue weighted by Gasteiger charge is 2.11. The number of hydrogen-bond donors (Lipinski definition) is 0. The van der Waals surface area contributed by atoms with E-state index in [1.807, 2.05) is 0 Å². The Morgan fingerprint density at radius 2 is 1.77 bits per heavy atom. The number of rotatable bonds is 7. The van der Waals surface area contributed by atoms with E-state index < -0.39 is 4.92 Å². The number of carbonyl (C=O) groups excluding carboxylic acids is 1. The third kappa shape index (κ3) is 3.95. The van der Waals surface area contributed by atoms with Gasteiger partial charge in [-0.25, -0.2) is 0 Å². The van der Waals surface area contributed by atoms with Gasteiger partial charge in [-0.2, -0.15) is 0 Å². The molecule has 6 nitrogen and oxygen atoms in total. The van der Waals surface area contributed by atoms with Crippen molar-refractivity contribution in [1.82, 2.24) is 0 Å². The van der Waals surface area contributed by atoms with E-state index in [-0.39, 0.29) is 30.2 Å². The van der Waals surface area contributed by atoms with Gasteiger partial charge in [-0.05, 0) is 18.2 Å². The minimum atomic E-state index is -0.572. The standard InChI is InChI=1S/C15H12ClNO5/c16-13-3-1-2-4-15(13)22-8-7-21-14-6-5-12(17(19)20)9-11(14)10-18/h1-6,9-10H,7-8H2. The molecule has 0 radical (unpaired) electrons. The maximum absolute atomic E-state index is 10.9. The van der Waals surface area contributed by atoms with Crippen LogP contribution in [0.4, 0.5) is 5.69 Å². The quantitative estimate of drug-likeness (QED) is 0.337. The van der Waals surface area contributed by atoms with Gasteiger partial charge in [0.1, 0.15) is 24.7 Å². The summed E-state index contributed by atoms with van der Waals surface area (Å²) in [4.78, 5) is 21.0. The van der Waals surface area contributed by atoms with E-state index in [4.69, 9.17) is 21.1 Å². The summed E-state index contributed by atoms with van der Waals surface area (Å²) >= 11 is 5.94. The van der Waals surface area contributed by atoms with Crippen LogP contribution in [0.25, 0.3) is 0 Å². The normalized spacial score (nSPS) is 10.0. The molecule has 0 aliphatic heterocycles. The smallest absolute Gasteiger partial charge is 0.270 e. The number of ether oxygens (including phenoxy) is 2. The molecule has 0 spiro atoms. The Morgan fingerprint density at radius 1 is 1.09 bits per heavy atom. The first-order chi connectivity index (χ1) is 10.6. The Bertz CT molecular complexity index is 689. The molecule has 2 aromatic rings. The van der Waals surface area contributed by atoms with Crippen molar-refractivity contribution >= 4 is 23.6 Å². The predicted molar refractivity (Wildman–Crippen MR) is 80.9 cm³/mol. The number of aldehydes is 1. The molecule has 0 atom stereocenters. The second-order valence-electron chi connectivity index (χ2n) is 4.22. The molecule has 0 bridgehead atoms. The van der Waals surface area contributed by atoms with Crippen LogP contribution in [0.3, 0.4) is 0 Å². The van der Waals surface area contributed by atoms with Crippen LogP contribution in [0.5, 0.6) is 11.5 Å². The number of nitrogens with zero attached hydrogens (tertiary/aromatic N) is 1. The molecule has 0 heterocycles. The van der Waals surface area contributed by atoms with Gasteiger partial charge in [0, 0.05) is 12.1 Å². The second-order valence-corrected chi connectivity index (χ2v) is 4.63. The van der Waals surface area contributed by atoms with Crippen molar-refractivity contribution in [2.75, 3.05) is 13.2 Å². The van der Waals surface area contributed by atoms with Crippen molar-refractivity contribution in [1.29, 1.82) is 0 Å². The van der Waals surface area contributed by atoms with E-state index >= 15 is 0 Å². The second kappa shape index (κ2) is 7.42. The van der Waals surface area contributed by atoms with Crippen LogP contribution in [-0.4, -0.2) is 24.4 Å². The van der Waals surface area contributed by atoms with Gasteiger partial charge in [0.2, 0.25) is 0 Å². The molecule has 114 valence electrons. The highest BCUT2D eigenvalue weighted by atomic mass is 35.5. The number of nitro groups is 1. The fourth-order valence-electron chi connectivity index (χ4n) is 1.74. The lowest BCUT2D eigenvalue weighted by atomic mass is 10.2. The van der Waals surface area contributed by atoms with Gasteiger partial charge in [0.25, 0.3) is 5.69 Å². The lowest BCUT2D eigenvalue weighted by Crippen LogP contribution is -2.10. The molecule has 2 rings (SSSR count). The van der Waals surface area contributed by atoms with E-state index in [0.717, 1.165) is 6.07 Å². The summed E-state index contributed by atoms with van der Waals surface area (Å²) < 4.78 is 10.8. The predicted octanol–water partition coefficient (Wildman–Crippen LogP) is 3.52. The molecule has 0 aliphatic carbocycles. The summed E-state index contributed by atoms with van der Waals surface area (Å²) in [6.45, 7) is 0.392. The average Bonchev–Trinajstić information content (AvgIpc) is 2.53. The van der Waals surface area contributed by atoms with E-state index in [1.165, 1.54) is 12.1 Å². The average molecular weight is 322 g/mol. The van der Waals surface area contributed by atoms with Crippen LogP contribution in [0.2, 0.25) is 5.02 Å². The number of nitro benzene ring substituents is 1. The molecule has 2 aromatic carbocycles. The number of halogens is 1. The number of carbonyl (C=O) groups is 1. The van der Waals surface area contributed by atoms with E-state index in [0.29, 0.717) is 17.1 Å². The first-order valence-electron chi connectivity index (χ1n) is 6.35. The van der Waals surface area contributed by atoms with Crippen molar-refractivity contribution in [3.8, 4) is 11.5 Å². The highest BCUT2D eigenvalue weighted by molar-refractivity contribution is 6.32. The van der Waals surface area contributed by atoms with Gasteiger partial charge >= 0.3 is 0 Å². The largest absolute Gasteiger partial charge is 0.489 e. The molecule has 0 saturated heterocycles. The number of benzene rings is 2. The van der Waals surface area contributed by atoms with Gasteiger partial charge in [-0.3, -0.25) is 14.9 Å². The molecule has 22 heavy (non-hydrogen) atoms. The fraction of sp³-hybridized carbons (Fsp3) is 0.133. The van der Waals surface area contributed by atoms with E-state index in [1.54, 1.807) is 24.3 Å².